The van der Waals surface area contributed by atoms with E-state index in [4.69, 9.17) is 4.74 Å². The third-order valence-corrected chi connectivity index (χ3v) is 6.49. The number of rotatable bonds is 8. The summed E-state index contributed by atoms with van der Waals surface area (Å²) in [6.07, 6.45) is -0.220. The molecule has 11 heteroatoms. The van der Waals surface area contributed by atoms with Crippen LogP contribution in [-0.2, 0) is 20.9 Å². The summed E-state index contributed by atoms with van der Waals surface area (Å²) in [5.74, 6) is -2.10. The molecule has 1 fully saturated rings. The van der Waals surface area contributed by atoms with Gasteiger partial charge < -0.3 is 9.64 Å². The standard InChI is InChI=1S/C25H21N3O7S/c1-2-35-25(32)17-7-9-18(10-8-17)27-22(29)14-21(24(27)31)26(15-20-4-3-13-36-20)23(30)16-5-11-19(12-6-16)28(33)34/h3-13,21H,2,14-15H2,1H3. The lowest BCUT2D eigenvalue weighted by molar-refractivity contribution is -0.384. The van der Waals surface area contributed by atoms with Crippen LogP contribution in [0.5, 0.6) is 0 Å². The topological polar surface area (TPSA) is 127 Å². The number of hydrogen-bond acceptors (Lipinski definition) is 8. The number of nitro benzene ring substituents is 1. The highest BCUT2D eigenvalue weighted by Crippen LogP contribution is 2.29. The van der Waals surface area contributed by atoms with Gasteiger partial charge in [0.2, 0.25) is 5.91 Å². The largest absolute Gasteiger partial charge is 0.462 e. The van der Waals surface area contributed by atoms with Crippen LogP contribution in [0.25, 0.3) is 0 Å². The zero-order valence-electron chi connectivity index (χ0n) is 19.2. The van der Waals surface area contributed by atoms with Gasteiger partial charge in [0.25, 0.3) is 17.5 Å². The van der Waals surface area contributed by atoms with Gasteiger partial charge in [-0.25, -0.2) is 9.69 Å². The fourth-order valence-electron chi connectivity index (χ4n) is 3.88. The summed E-state index contributed by atoms with van der Waals surface area (Å²) in [4.78, 5) is 65.2. The Morgan fingerprint density at radius 2 is 1.75 bits per heavy atom. The van der Waals surface area contributed by atoms with Crippen LogP contribution in [0.2, 0.25) is 0 Å². The number of hydrogen-bond donors (Lipinski definition) is 0. The van der Waals surface area contributed by atoms with Gasteiger partial charge in [0.05, 0.1) is 35.7 Å². The number of thiophene rings is 1. The van der Waals surface area contributed by atoms with E-state index >= 15 is 0 Å². The number of amides is 3. The number of esters is 1. The molecular weight excluding hydrogens is 486 g/mol. The molecule has 1 aliphatic rings. The Morgan fingerprint density at radius 3 is 2.33 bits per heavy atom. The second kappa shape index (κ2) is 10.5. The Hall–Kier alpha value is -4.38. The van der Waals surface area contributed by atoms with E-state index < -0.39 is 34.7 Å². The summed E-state index contributed by atoms with van der Waals surface area (Å²) < 4.78 is 4.96. The number of imide groups is 1. The van der Waals surface area contributed by atoms with E-state index in [9.17, 15) is 29.3 Å². The minimum atomic E-state index is -1.06. The molecule has 0 radical (unpaired) electrons. The molecule has 3 amide bonds. The minimum absolute atomic E-state index is 0.0901. The number of nitro groups is 1. The van der Waals surface area contributed by atoms with Crippen LogP contribution in [0.4, 0.5) is 11.4 Å². The van der Waals surface area contributed by atoms with Gasteiger partial charge in [-0.2, -0.15) is 0 Å². The van der Waals surface area contributed by atoms with Crippen LogP contribution in [-0.4, -0.2) is 46.2 Å². The summed E-state index contributed by atoms with van der Waals surface area (Å²) in [7, 11) is 0. The number of non-ortho nitro benzene ring substituents is 1. The van der Waals surface area contributed by atoms with Crippen LogP contribution in [0, 0.1) is 10.1 Å². The highest BCUT2D eigenvalue weighted by atomic mass is 32.1. The first kappa shape index (κ1) is 24.7. The van der Waals surface area contributed by atoms with Gasteiger partial charge in [0, 0.05) is 22.6 Å². The molecule has 2 heterocycles. The number of nitrogens with zero attached hydrogens (tertiary/aromatic N) is 3. The molecule has 1 aliphatic heterocycles. The van der Waals surface area contributed by atoms with Crippen molar-refractivity contribution in [3.63, 3.8) is 0 Å². The Morgan fingerprint density at radius 1 is 1.08 bits per heavy atom. The predicted octanol–water partition coefficient (Wildman–Crippen LogP) is 3.81. The van der Waals surface area contributed by atoms with Crippen molar-refractivity contribution in [2.75, 3.05) is 11.5 Å². The third-order valence-electron chi connectivity index (χ3n) is 5.63. The fourth-order valence-corrected chi connectivity index (χ4v) is 4.58. The molecule has 1 aromatic heterocycles. The molecule has 10 nitrogen and oxygen atoms in total. The van der Waals surface area contributed by atoms with E-state index in [1.54, 1.807) is 6.92 Å². The molecule has 0 bridgehead atoms. The van der Waals surface area contributed by atoms with Crippen molar-refractivity contribution in [2.24, 2.45) is 0 Å². The van der Waals surface area contributed by atoms with E-state index in [2.05, 4.69) is 0 Å². The van der Waals surface area contributed by atoms with Crippen LogP contribution < -0.4 is 4.90 Å². The lowest BCUT2D eigenvalue weighted by atomic mass is 10.1. The molecule has 2 aromatic carbocycles. The summed E-state index contributed by atoms with van der Waals surface area (Å²) in [6, 6.07) is 13.5. The van der Waals surface area contributed by atoms with E-state index in [1.165, 1.54) is 64.8 Å². The van der Waals surface area contributed by atoms with Gasteiger partial charge in [0.1, 0.15) is 6.04 Å². The second-order valence-electron chi connectivity index (χ2n) is 7.87. The number of carbonyl (C=O) groups excluding carboxylic acids is 4. The molecule has 1 saturated heterocycles. The molecule has 0 saturated carbocycles. The van der Waals surface area contributed by atoms with Gasteiger partial charge >= 0.3 is 5.97 Å². The molecule has 184 valence electrons. The van der Waals surface area contributed by atoms with Crippen molar-refractivity contribution < 1.29 is 28.8 Å². The third kappa shape index (κ3) is 5.01. The lowest BCUT2D eigenvalue weighted by Gasteiger charge is -2.27. The minimum Gasteiger partial charge on any atom is -0.462 e. The predicted molar refractivity (Wildman–Crippen MR) is 131 cm³/mol. The maximum Gasteiger partial charge on any atom is 0.338 e. The zero-order valence-corrected chi connectivity index (χ0v) is 20.0. The van der Waals surface area contributed by atoms with Crippen LogP contribution >= 0.6 is 11.3 Å². The van der Waals surface area contributed by atoms with Crippen molar-refractivity contribution in [3.8, 4) is 0 Å². The number of ether oxygens (including phenoxy) is 1. The molecule has 3 aromatic rings. The van der Waals surface area contributed by atoms with Gasteiger partial charge in [-0.3, -0.25) is 24.5 Å². The summed E-state index contributed by atoms with van der Waals surface area (Å²) in [5.41, 5.74) is 0.555. The quantitative estimate of drug-likeness (QED) is 0.196. The van der Waals surface area contributed by atoms with E-state index in [-0.39, 0.29) is 42.1 Å². The summed E-state index contributed by atoms with van der Waals surface area (Å²) in [5, 5.41) is 12.8. The second-order valence-corrected chi connectivity index (χ2v) is 8.90. The number of carbonyl (C=O) groups is 4. The van der Waals surface area contributed by atoms with Crippen molar-refractivity contribution in [1.29, 1.82) is 0 Å². The SMILES string of the molecule is CCOC(=O)c1ccc(N2C(=O)CC(N(Cc3cccs3)C(=O)c3ccc([N+](=O)[O-])cc3)C2=O)cc1. The first-order valence-electron chi connectivity index (χ1n) is 11.0. The van der Waals surface area contributed by atoms with Crippen LogP contribution in [0.15, 0.2) is 66.0 Å². The highest BCUT2D eigenvalue weighted by molar-refractivity contribution is 7.09. The van der Waals surface area contributed by atoms with E-state index in [0.29, 0.717) is 0 Å². The Labute approximate surface area is 209 Å². The monoisotopic (exact) mass is 507 g/mol. The Balaban J connectivity index is 1.62. The fraction of sp³-hybridized carbons (Fsp3) is 0.200. The molecule has 0 N–H and O–H groups in total. The Kier molecular flexibility index (Phi) is 7.20. The molecular formula is C25H21N3O7S. The van der Waals surface area contributed by atoms with Gasteiger partial charge in [-0.15, -0.1) is 11.3 Å². The normalized spacial score (nSPS) is 15.1. The average Bonchev–Trinajstić information content (AvgIpc) is 3.49. The number of benzene rings is 2. The summed E-state index contributed by atoms with van der Waals surface area (Å²) in [6.45, 7) is 1.99. The Bertz CT molecular complexity index is 1300. The van der Waals surface area contributed by atoms with Crippen molar-refractivity contribution in [1.82, 2.24) is 4.90 Å². The van der Waals surface area contributed by atoms with Crippen LogP contribution in [0.3, 0.4) is 0 Å². The first-order valence-corrected chi connectivity index (χ1v) is 11.9. The molecule has 0 spiro atoms. The van der Waals surface area contributed by atoms with E-state index in [0.717, 1.165) is 9.78 Å². The molecule has 36 heavy (non-hydrogen) atoms. The van der Waals surface area contributed by atoms with Crippen molar-refractivity contribution in [3.05, 3.63) is 92.2 Å². The van der Waals surface area contributed by atoms with Gasteiger partial charge in [-0.1, -0.05) is 6.07 Å². The first-order chi connectivity index (χ1) is 17.3. The molecule has 1 atom stereocenters. The molecule has 0 aliphatic carbocycles. The maximum absolute atomic E-state index is 13.4. The molecule has 1 unspecified atom stereocenters. The maximum atomic E-state index is 13.4. The molecule has 4 rings (SSSR count). The highest BCUT2D eigenvalue weighted by Gasteiger charge is 2.44. The summed E-state index contributed by atoms with van der Waals surface area (Å²) >= 11 is 1.40. The zero-order chi connectivity index (χ0) is 25.8. The number of anilines is 1. The smallest absolute Gasteiger partial charge is 0.338 e. The average molecular weight is 508 g/mol. The van der Waals surface area contributed by atoms with Crippen molar-refractivity contribution >= 4 is 46.4 Å². The van der Waals surface area contributed by atoms with Gasteiger partial charge in [-0.05, 0) is 54.8 Å². The van der Waals surface area contributed by atoms with Crippen molar-refractivity contribution in [2.45, 2.75) is 25.9 Å². The van der Waals surface area contributed by atoms with Crippen LogP contribution in [0.1, 0.15) is 38.9 Å². The van der Waals surface area contributed by atoms with Gasteiger partial charge in [0.15, 0.2) is 0 Å². The van der Waals surface area contributed by atoms with E-state index in [1.807, 2.05) is 17.5 Å². The lowest BCUT2D eigenvalue weighted by Crippen LogP contribution is -2.45.